The van der Waals surface area contributed by atoms with E-state index in [2.05, 4.69) is 27.7 Å². The minimum atomic E-state index is 0.110. The first-order valence-corrected chi connectivity index (χ1v) is 17.6. The summed E-state index contributed by atoms with van der Waals surface area (Å²) < 4.78 is 22.3. The molecular formula is C18H42O4P4. The van der Waals surface area contributed by atoms with Crippen molar-refractivity contribution < 1.29 is 18.9 Å². The molecule has 0 aliphatic heterocycles. The van der Waals surface area contributed by atoms with Gasteiger partial charge >= 0.3 is 0 Å². The van der Waals surface area contributed by atoms with Crippen molar-refractivity contribution >= 4 is 31.8 Å². The molecule has 4 atom stereocenters. The van der Waals surface area contributed by atoms with E-state index in [4.69, 9.17) is 18.9 Å². The Kier molecular flexibility index (Phi) is 24.2. The van der Waals surface area contributed by atoms with Crippen LogP contribution in [0.4, 0.5) is 0 Å². The molecule has 0 aliphatic rings. The Bertz CT molecular complexity index is 250. The molecule has 0 aromatic heterocycles. The van der Waals surface area contributed by atoms with Crippen LogP contribution in [0.5, 0.6) is 0 Å². The maximum Gasteiger partial charge on any atom is 0.0508 e. The third-order valence-corrected chi connectivity index (χ3v) is 15.4. The minimum Gasteiger partial charge on any atom is -0.381 e. The summed E-state index contributed by atoms with van der Waals surface area (Å²) in [6.07, 6.45) is 7.82. The van der Waals surface area contributed by atoms with Crippen LogP contribution in [0.3, 0.4) is 0 Å². The molecule has 0 spiro atoms. The van der Waals surface area contributed by atoms with Gasteiger partial charge in [0, 0.05) is 26.4 Å². The van der Waals surface area contributed by atoms with E-state index in [1.807, 2.05) is 0 Å². The van der Waals surface area contributed by atoms with Crippen molar-refractivity contribution in [1.82, 2.24) is 0 Å². The molecule has 0 bridgehead atoms. The highest BCUT2D eigenvalue weighted by atomic mass is 32.1. The van der Waals surface area contributed by atoms with Gasteiger partial charge < -0.3 is 18.9 Å². The second-order valence-electron chi connectivity index (χ2n) is 5.58. The molecule has 0 aromatic carbocycles. The second-order valence-corrected chi connectivity index (χ2v) is 16.9. The van der Waals surface area contributed by atoms with E-state index in [1.165, 1.54) is 37.0 Å². The maximum absolute atomic E-state index is 5.63. The van der Waals surface area contributed by atoms with Crippen LogP contribution >= 0.6 is 31.8 Å². The van der Waals surface area contributed by atoms with E-state index >= 15 is 0 Å². The van der Waals surface area contributed by atoms with Crippen molar-refractivity contribution in [2.24, 2.45) is 0 Å². The average molecular weight is 446 g/mol. The number of hydrogen-bond acceptors (Lipinski definition) is 4. The zero-order valence-corrected chi connectivity index (χ0v) is 21.2. The number of hydrogen-bond donors (Lipinski definition) is 0. The van der Waals surface area contributed by atoms with Gasteiger partial charge in [0.15, 0.2) is 0 Å². The van der Waals surface area contributed by atoms with Crippen molar-refractivity contribution in [2.75, 3.05) is 89.8 Å². The van der Waals surface area contributed by atoms with Gasteiger partial charge in [-0.25, -0.2) is 0 Å². The van der Waals surface area contributed by atoms with Crippen LogP contribution in [-0.4, -0.2) is 89.8 Å². The first-order valence-electron chi connectivity index (χ1n) is 10.1. The van der Waals surface area contributed by atoms with Gasteiger partial charge in [-0.15, -0.1) is 0 Å². The van der Waals surface area contributed by atoms with Crippen LogP contribution in [0.1, 0.15) is 27.7 Å². The zero-order valence-electron chi connectivity index (χ0n) is 17.4. The molecule has 4 nitrogen and oxygen atoms in total. The monoisotopic (exact) mass is 446 g/mol. The van der Waals surface area contributed by atoms with Crippen molar-refractivity contribution in [3.05, 3.63) is 0 Å². The van der Waals surface area contributed by atoms with Crippen molar-refractivity contribution in [3.8, 4) is 0 Å². The predicted octanol–water partition coefficient (Wildman–Crippen LogP) is 5.28. The summed E-state index contributed by atoms with van der Waals surface area (Å²) in [6, 6.07) is 0. The van der Waals surface area contributed by atoms with Crippen LogP contribution in [-0.2, 0) is 18.9 Å². The molecule has 0 aliphatic carbocycles. The summed E-state index contributed by atoms with van der Waals surface area (Å²) in [7, 11) is 2.35. The fourth-order valence-corrected chi connectivity index (χ4v) is 13.8. The summed E-state index contributed by atoms with van der Waals surface area (Å²) in [6.45, 7) is 15.4. The summed E-state index contributed by atoms with van der Waals surface area (Å²) in [5, 5.41) is 0. The van der Waals surface area contributed by atoms with E-state index in [1.54, 1.807) is 0 Å². The molecule has 0 fully saturated rings. The predicted molar refractivity (Wildman–Crippen MR) is 126 cm³/mol. The second kappa shape index (κ2) is 22.8. The largest absolute Gasteiger partial charge is 0.381 e. The smallest absolute Gasteiger partial charge is 0.0508 e. The highest BCUT2D eigenvalue weighted by Gasteiger charge is 2.13. The number of ether oxygens (including phenoxy) is 4. The van der Waals surface area contributed by atoms with Gasteiger partial charge in [0.05, 0.1) is 26.4 Å². The summed E-state index contributed by atoms with van der Waals surface area (Å²) in [5.41, 5.74) is 0. The van der Waals surface area contributed by atoms with Gasteiger partial charge in [0.25, 0.3) is 0 Å². The molecule has 158 valence electrons. The van der Waals surface area contributed by atoms with Crippen LogP contribution in [0.15, 0.2) is 0 Å². The lowest BCUT2D eigenvalue weighted by molar-refractivity contribution is 0.163. The van der Waals surface area contributed by atoms with Gasteiger partial charge in [-0.3, -0.25) is 0 Å². The Labute approximate surface area is 168 Å². The van der Waals surface area contributed by atoms with E-state index in [-0.39, 0.29) is 15.2 Å². The lowest BCUT2D eigenvalue weighted by Gasteiger charge is -2.23. The molecule has 26 heavy (non-hydrogen) atoms. The molecule has 0 rings (SSSR count). The molecule has 0 saturated heterocycles. The standard InChI is InChI=1S/C18H42O4P4/c1-5-19-9-13-23-25(15-11-21-7-3)17-18-26(16-12-22-8-4)24-14-10-20-6-2/h23-24H,5-18H2,1-4H3. The van der Waals surface area contributed by atoms with Crippen molar-refractivity contribution in [3.63, 3.8) is 0 Å². The minimum absolute atomic E-state index is 0.110. The van der Waals surface area contributed by atoms with E-state index in [9.17, 15) is 0 Å². The Morgan fingerprint density at radius 1 is 0.500 bits per heavy atom. The van der Waals surface area contributed by atoms with Crippen molar-refractivity contribution in [1.29, 1.82) is 0 Å². The van der Waals surface area contributed by atoms with Gasteiger partial charge in [0.2, 0.25) is 0 Å². The third kappa shape index (κ3) is 18.9. The first-order chi connectivity index (χ1) is 12.8. The molecule has 0 radical (unpaired) electrons. The molecular weight excluding hydrogens is 404 g/mol. The topological polar surface area (TPSA) is 36.9 Å². The van der Waals surface area contributed by atoms with Crippen LogP contribution in [0.25, 0.3) is 0 Å². The summed E-state index contributed by atoms with van der Waals surface area (Å²) >= 11 is 0. The summed E-state index contributed by atoms with van der Waals surface area (Å²) in [5.74, 6) is 0. The Morgan fingerprint density at radius 3 is 1.19 bits per heavy atom. The molecule has 0 heterocycles. The van der Waals surface area contributed by atoms with E-state index in [0.29, 0.717) is 0 Å². The Morgan fingerprint density at radius 2 is 0.846 bits per heavy atom. The normalized spacial score (nSPS) is 14.8. The highest BCUT2D eigenvalue weighted by Crippen LogP contribution is 2.61. The summed E-state index contributed by atoms with van der Waals surface area (Å²) in [4.78, 5) is 0. The Hall–Kier alpha value is 1.56. The fourth-order valence-electron chi connectivity index (χ4n) is 2.26. The van der Waals surface area contributed by atoms with E-state index < -0.39 is 0 Å². The molecule has 8 heteroatoms. The van der Waals surface area contributed by atoms with Crippen LogP contribution in [0.2, 0.25) is 0 Å². The SMILES string of the molecule is CCOCCPP(CCOCC)CCP(CCOCC)PCCOCC. The third-order valence-electron chi connectivity index (χ3n) is 3.63. The fraction of sp³-hybridized carbons (Fsp3) is 1.00. The van der Waals surface area contributed by atoms with Gasteiger partial charge in [0.1, 0.15) is 0 Å². The number of rotatable bonds is 21. The van der Waals surface area contributed by atoms with Crippen LogP contribution in [0, 0.1) is 0 Å². The molecule has 0 aromatic rings. The molecule has 4 unspecified atom stereocenters. The van der Waals surface area contributed by atoms with Crippen molar-refractivity contribution in [2.45, 2.75) is 27.7 Å². The average Bonchev–Trinajstić information content (AvgIpc) is 2.65. The molecule has 0 saturated carbocycles. The highest BCUT2D eigenvalue weighted by molar-refractivity contribution is 8.23. The molecule has 0 N–H and O–H groups in total. The lowest BCUT2D eigenvalue weighted by atomic mass is 10.8. The Balaban J connectivity index is 4.26. The van der Waals surface area contributed by atoms with Gasteiger partial charge in [-0.1, -0.05) is 31.8 Å². The van der Waals surface area contributed by atoms with Gasteiger partial charge in [-0.05, 0) is 64.7 Å². The van der Waals surface area contributed by atoms with Gasteiger partial charge in [-0.2, -0.15) is 0 Å². The first kappa shape index (κ1) is 27.6. The zero-order chi connectivity index (χ0) is 19.3. The van der Waals surface area contributed by atoms with Crippen LogP contribution < -0.4 is 0 Å². The van der Waals surface area contributed by atoms with E-state index in [0.717, 1.165) is 69.4 Å². The maximum atomic E-state index is 5.63. The lowest BCUT2D eigenvalue weighted by Crippen LogP contribution is -2.04. The molecule has 0 amide bonds. The quantitative estimate of drug-likeness (QED) is 0.178.